The molecule has 0 saturated heterocycles. The summed E-state index contributed by atoms with van der Waals surface area (Å²) in [6.07, 6.45) is 10.2. The summed E-state index contributed by atoms with van der Waals surface area (Å²) < 4.78 is 31.2. The minimum absolute atomic E-state index is 0.00724. The van der Waals surface area contributed by atoms with Gasteiger partial charge in [-0.15, -0.1) is 0 Å². The van der Waals surface area contributed by atoms with Crippen LogP contribution in [0.4, 0.5) is 0 Å². The maximum Gasteiger partial charge on any atom is 0.326 e. The normalized spacial score (nSPS) is 20.2. The van der Waals surface area contributed by atoms with Gasteiger partial charge in [0.15, 0.2) is 14.6 Å². The number of benzene rings is 1. The number of aromatic amines is 1. The van der Waals surface area contributed by atoms with Crippen molar-refractivity contribution >= 4 is 27.6 Å². The number of hydrogen-bond donors (Lipinski definition) is 5. The zero-order valence-corrected chi connectivity index (χ0v) is 30.1. The van der Waals surface area contributed by atoms with Crippen molar-refractivity contribution < 1.29 is 37.8 Å². The van der Waals surface area contributed by atoms with Gasteiger partial charge in [0.2, 0.25) is 11.8 Å². The van der Waals surface area contributed by atoms with E-state index in [0.29, 0.717) is 12.1 Å². The second-order valence-corrected chi connectivity index (χ2v) is 17.8. The number of aliphatic hydroxyl groups excluding tert-OH is 2. The van der Waals surface area contributed by atoms with Crippen LogP contribution in [0.15, 0.2) is 42.9 Å². The molecule has 5 atom stereocenters. The Bertz CT molecular complexity index is 1520. The SMILES string of the molecule is CC(C)(C(=O)OCC1CC1)S(=O)(=O)C[C@@H](Cc1ccccc1)C(=O)N[C@@H](Cc1cnc[nH]1)C(=O)N[C@@H](CC1CCCCC1)[C@@H](O)[C@@H](O)C1CC1. The first-order chi connectivity index (χ1) is 23.8. The molecule has 2 amide bonds. The van der Waals surface area contributed by atoms with E-state index in [0.717, 1.165) is 63.4 Å². The predicted octanol–water partition coefficient (Wildman–Crippen LogP) is 3.03. The van der Waals surface area contributed by atoms with Crippen molar-refractivity contribution in [1.29, 1.82) is 0 Å². The molecule has 3 aliphatic rings. The van der Waals surface area contributed by atoms with Crippen molar-refractivity contribution in [3.8, 4) is 0 Å². The fourth-order valence-electron chi connectivity index (χ4n) is 6.80. The van der Waals surface area contributed by atoms with Crippen LogP contribution in [-0.2, 0) is 41.8 Å². The maximum absolute atomic E-state index is 14.1. The lowest BCUT2D eigenvalue weighted by Crippen LogP contribution is -2.57. The minimum atomic E-state index is -4.23. The summed E-state index contributed by atoms with van der Waals surface area (Å²) in [7, 11) is -4.23. The fraction of sp³-hybridized carbons (Fsp3) is 0.676. The number of hydrogen-bond acceptors (Lipinski definition) is 9. The van der Waals surface area contributed by atoms with Gasteiger partial charge in [-0.25, -0.2) is 13.4 Å². The molecule has 1 heterocycles. The van der Waals surface area contributed by atoms with Crippen molar-refractivity contribution in [2.75, 3.05) is 12.4 Å². The molecule has 12 nitrogen and oxygen atoms in total. The molecule has 3 aliphatic carbocycles. The molecular formula is C37H54N4O8S. The third kappa shape index (κ3) is 10.4. The second kappa shape index (κ2) is 16.8. The largest absolute Gasteiger partial charge is 0.464 e. The molecule has 2 aromatic rings. The van der Waals surface area contributed by atoms with E-state index in [-0.39, 0.29) is 37.2 Å². The van der Waals surface area contributed by atoms with E-state index in [1.165, 1.54) is 20.2 Å². The molecule has 0 bridgehead atoms. The number of nitrogens with one attached hydrogen (secondary N) is 3. The second-order valence-electron chi connectivity index (χ2n) is 15.2. The molecule has 5 rings (SSSR count). The predicted molar refractivity (Wildman–Crippen MR) is 187 cm³/mol. The zero-order chi connectivity index (χ0) is 35.9. The van der Waals surface area contributed by atoms with Gasteiger partial charge < -0.3 is 30.6 Å². The highest BCUT2D eigenvalue weighted by Gasteiger charge is 2.46. The molecule has 50 heavy (non-hydrogen) atoms. The Kier molecular flexibility index (Phi) is 12.8. The number of carbonyl (C=O) groups excluding carboxylic acids is 3. The van der Waals surface area contributed by atoms with Crippen LogP contribution >= 0.6 is 0 Å². The third-order valence-corrected chi connectivity index (χ3v) is 13.2. The van der Waals surface area contributed by atoms with Gasteiger partial charge in [-0.3, -0.25) is 14.4 Å². The summed E-state index contributed by atoms with van der Waals surface area (Å²) in [5, 5.41) is 28.0. The van der Waals surface area contributed by atoms with Gasteiger partial charge in [-0.2, -0.15) is 0 Å². The first-order valence-electron chi connectivity index (χ1n) is 18.2. The number of sulfone groups is 1. The smallest absolute Gasteiger partial charge is 0.326 e. The lowest BCUT2D eigenvalue weighted by Gasteiger charge is -2.33. The number of imidazole rings is 1. The van der Waals surface area contributed by atoms with Crippen LogP contribution in [0.3, 0.4) is 0 Å². The van der Waals surface area contributed by atoms with Crippen LogP contribution in [0.1, 0.15) is 89.3 Å². The maximum atomic E-state index is 14.1. The monoisotopic (exact) mass is 714 g/mol. The molecule has 3 saturated carbocycles. The van der Waals surface area contributed by atoms with Crippen LogP contribution < -0.4 is 10.6 Å². The Morgan fingerprint density at radius 3 is 2.26 bits per heavy atom. The molecule has 0 radical (unpaired) electrons. The first kappa shape index (κ1) is 38.0. The summed E-state index contributed by atoms with van der Waals surface area (Å²) in [4.78, 5) is 48.2. The third-order valence-electron chi connectivity index (χ3n) is 10.7. The summed E-state index contributed by atoms with van der Waals surface area (Å²) >= 11 is 0. The van der Waals surface area contributed by atoms with Crippen molar-refractivity contribution in [2.24, 2.45) is 23.7 Å². The topological polar surface area (TPSA) is 188 Å². The quantitative estimate of drug-likeness (QED) is 0.136. The Hall–Kier alpha value is -3.29. The Morgan fingerprint density at radius 2 is 1.64 bits per heavy atom. The van der Waals surface area contributed by atoms with Crippen LogP contribution in [0.2, 0.25) is 0 Å². The summed E-state index contributed by atoms with van der Waals surface area (Å²) in [6.45, 7) is 2.78. The summed E-state index contributed by atoms with van der Waals surface area (Å²) in [5.74, 6) is -3.32. The highest BCUT2D eigenvalue weighted by atomic mass is 32.2. The number of nitrogens with zero attached hydrogens (tertiary/aromatic N) is 1. The summed E-state index contributed by atoms with van der Waals surface area (Å²) in [6, 6.07) is 7.10. The highest BCUT2D eigenvalue weighted by molar-refractivity contribution is 7.93. The molecule has 276 valence electrons. The van der Waals surface area contributed by atoms with Gasteiger partial charge in [0.05, 0.1) is 36.8 Å². The van der Waals surface area contributed by atoms with Gasteiger partial charge in [0.1, 0.15) is 12.1 Å². The number of ether oxygens (including phenoxy) is 1. The van der Waals surface area contributed by atoms with Gasteiger partial charge in [0.25, 0.3) is 0 Å². The number of amides is 2. The van der Waals surface area contributed by atoms with Crippen LogP contribution in [-0.4, -0.2) is 87.8 Å². The highest BCUT2D eigenvalue weighted by Crippen LogP contribution is 2.36. The van der Waals surface area contributed by atoms with Gasteiger partial charge in [0, 0.05) is 18.3 Å². The molecule has 13 heteroatoms. The van der Waals surface area contributed by atoms with Crippen molar-refractivity contribution in [3.05, 3.63) is 54.1 Å². The number of aliphatic hydroxyl groups is 2. The first-order valence-corrected chi connectivity index (χ1v) is 19.9. The number of carbonyl (C=O) groups is 3. The van der Waals surface area contributed by atoms with Crippen molar-refractivity contribution in [3.63, 3.8) is 0 Å². The van der Waals surface area contributed by atoms with Crippen molar-refractivity contribution in [1.82, 2.24) is 20.6 Å². The van der Waals surface area contributed by atoms with Gasteiger partial charge in [-0.05, 0) is 75.7 Å². The molecule has 0 unspecified atom stereocenters. The Morgan fingerprint density at radius 1 is 0.940 bits per heavy atom. The molecule has 3 fully saturated rings. The van der Waals surface area contributed by atoms with E-state index in [2.05, 4.69) is 20.6 Å². The van der Waals surface area contributed by atoms with Gasteiger partial charge >= 0.3 is 5.97 Å². The van der Waals surface area contributed by atoms with E-state index >= 15 is 0 Å². The zero-order valence-electron chi connectivity index (χ0n) is 29.3. The average molecular weight is 715 g/mol. The lowest BCUT2D eigenvalue weighted by molar-refractivity contribution is -0.146. The van der Waals surface area contributed by atoms with Crippen LogP contribution in [0, 0.1) is 23.7 Å². The van der Waals surface area contributed by atoms with Gasteiger partial charge in [-0.1, -0.05) is 62.4 Å². The molecule has 1 aromatic carbocycles. The van der Waals surface area contributed by atoms with Crippen LogP contribution in [0.5, 0.6) is 0 Å². The molecule has 0 aliphatic heterocycles. The lowest BCUT2D eigenvalue weighted by atomic mass is 9.82. The Labute approximate surface area is 295 Å². The number of aromatic nitrogens is 2. The van der Waals surface area contributed by atoms with E-state index < -0.39 is 68.3 Å². The van der Waals surface area contributed by atoms with E-state index in [1.54, 1.807) is 30.5 Å². The minimum Gasteiger partial charge on any atom is -0.464 e. The average Bonchev–Trinajstić information content (AvgIpc) is 4.05. The molecular weight excluding hydrogens is 660 g/mol. The number of H-pyrrole nitrogens is 1. The number of rotatable bonds is 19. The van der Waals surface area contributed by atoms with E-state index in [9.17, 15) is 33.0 Å². The molecule has 0 spiro atoms. The summed E-state index contributed by atoms with van der Waals surface area (Å²) in [5.41, 5.74) is 1.29. The standard InChI is InChI=1S/C37H54N4O8S/c1-37(2,36(46)49-21-26-13-14-26)50(47,48)22-28(17-24-9-5-3-6-10-24)34(44)41-31(19-29-20-38-23-39-29)35(45)40-30(18-25-11-7-4-8-12-25)33(43)32(42)27-15-16-27/h3,5-6,9-10,20,23,25-28,30-33,42-43H,4,7-8,11-19,21-22H2,1-2H3,(H,38,39)(H,40,45)(H,41,44)/t28-,30+,31+,32+,33-/m1/s1. The van der Waals surface area contributed by atoms with E-state index in [1.807, 2.05) is 6.07 Å². The molecule has 1 aromatic heterocycles. The molecule has 5 N–H and O–H groups in total. The van der Waals surface area contributed by atoms with Crippen molar-refractivity contribution in [2.45, 2.75) is 120 Å². The van der Waals surface area contributed by atoms with Crippen LogP contribution in [0.25, 0.3) is 0 Å². The Balaban J connectivity index is 1.36. The number of esters is 1. The van der Waals surface area contributed by atoms with E-state index in [4.69, 9.17) is 4.74 Å². The fourth-order valence-corrected chi connectivity index (χ4v) is 8.33.